The van der Waals surface area contributed by atoms with Crippen molar-refractivity contribution in [1.29, 1.82) is 0 Å². The van der Waals surface area contributed by atoms with Crippen LogP contribution in [-0.4, -0.2) is 52.9 Å². The Kier molecular flexibility index (Phi) is 6.70. The predicted octanol–water partition coefficient (Wildman–Crippen LogP) is 0.691. The second-order valence-corrected chi connectivity index (χ2v) is 6.08. The molecular formula is C16H25FN2O5. The molecule has 24 heavy (non-hydrogen) atoms. The first kappa shape index (κ1) is 18.8. The number of aryl methyl sites for hydroxylation is 1. The zero-order valence-electron chi connectivity index (χ0n) is 14.0. The summed E-state index contributed by atoms with van der Waals surface area (Å²) in [7, 11) is 0. The van der Waals surface area contributed by atoms with E-state index in [1.165, 1.54) is 26.0 Å². The van der Waals surface area contributed by atoms with E-state index in [0.717, 1.165) is 17.8 Å². The molecule has 2 aliphatic rings. The van der Waals surface area contributed by atoms with Gasteiger partial charge in [-0.2, -0.15) is 0 Å². The van der Waals surface area contributed by atoms with E-state index >= 15 is 0 Å². The number of hydrogen-bond donors (Lipinski definition) is 2. The van der Waals surface area contributed by atoms with Gasteiger partial charge in [0.15, 0.2) is 6.17 Å². The summed E-state index contributed by atoms with van der Waals surface area (Å²) in [5, 5.41) is 9.80. The van der Waals surface area contributed by atoms with Crippen molar-refractivity contribution in [1.82, 2.24) is 9.55 Å². The topological polar surface area (TPSA) is 93.5 Å². The lowest BCUT2D eigenvalue weighted by molar-refractivity contribution is -0.137. The summed E-state index contributed by atoms with van der Waals surface area (Å²) >= 11 is 0. The average molecular weight is 344 g/mol. The molecule has 7 nitrogen and oxygen atoms in total. The summed E-state index contributed by atoms with van der Waals surface area (Å²) < 4.78 is 25.6. The minimum Gasteiger partial charge on any atom is -0.387 e. The van der Waals surface area contributed by atoms with Crippen molar-refractivity contribution in [2.45, 2.75) is 57.5 Å². The van der Waals surface area contributed by atoms with E-state index in [9.17, 15) is 19.1 Å². The van der Waals surface area contributed by atoms with Gasteiger partial charge in [0.25, 0.3) is 5.56 Å². The molecule has 3 heterocycles. The number of aliphatic hydroxyl groups excluding tert-OH is 1. The Morgan fingerprint density at radius 2 is 2.04 bits per heavy atom. The van der Waals surface area contributed by atoms with Gasteiger partial charge in [-0.15, -0.1) is 0 Å². The lowest BCUT2D eigenvalue weighted by Gasteiger charge is -2.36. The highest BCUT2D eigenvalue weighted by Crippen LogP contribution is 2.27. The molecule has 0 aliphatic carbocycles. The van der Waals surface area contributed by atoms with Crippen LogP contribution in [0.4, 0.5) is 4.39 Å². The third-order valence-electron chi connectivity index (χ3n) is 4.29. The fourth-order valence-electron chi connectivity index (χ4n) is 2.78. The zero-order chi connectivity index (χ0) is 17.7. The number of aromatic amines is 1. The first-order valence-electron chi connectivity index (χ1n) is 8.29. The van der Waals surface area contributed by atoms with E-state index in [-0.39, 0.29) is 6.61 Å². The van der Waals surface area contributed by atoms with Crippen LogP contribution in [0.15, 0.2) is 15.8 Å². The van der Waals surface area contributed by atoms with E-state index in [2.05, 4.69) is 4.98 Å². The number of ether oxygens (including phenoxy) is 2. The maximum Gasteiger partial charge on any atom is 0.328 e. The number of rotatable bonds is 2. The Hall–Kier alpha value is -1.51. The largest absolute Gasteiger partial charge is 0.387 e. The Bertz CT molecular complexity index is 632. The molecule has 136 valence electrons. The van der Waals surface area contributed by atoms with E-state index in [4.69, 9.17) is 9.47 Å². The number of H-pyrrole nitrogens is 1. The number of aliphatic hydroxyl groups is 1. The predicted molar refractivity (Wildman–Crippen MR) is 86.1 cm³/mol. The molecule has 0 radical (unpaired) electrons. The smallest absolute Gasteiger partial charge is 0.328 e. The van der Waals surface area contributed by atoms with Crippen molar-refractivity contribution >= 4 is 0 Å². The Morgan fingerprint density at radius 3 is 2.58 bits per heavy atom. The van der Waals surface area contributed by atoms with Gasteiger partial charge in [-0.05, 0) is 26.2 Å². The fraction of sp³-hybridized carbons (Fsp3) is 0.750. The molecule has 8 heteroatoms. The lowest BCUT2D eigenvalue weighted by atomic mass is 9.97. The summed E-state index contributed by atoms with van der Waals surface area (Å²) in [6, 6.07) is -0.930. The molecule has 4 unspecified atom stereocenters. The molecule has 2 fully saturated rings. The Morgan fingerprint density at radius 1 is 1.38 bits per heavy atom. The van der Waals surface area contributed by atoms with E-state index in [0.29, 0.717) is 12.0 Å². The zero-order valence-corrected chi connectivity index (χ0v) is 14.0. The van der Waals surface area contributed by atoms with Crippen LogP contribution in [0.2, 0.25) is 0 Å². The Labute approximate surface area is 139 Å². The number of hydrogen-bond acceptors (Lipinski definition) is 5. The molecule has 4 atom stereocenters. The Balaban J connectivity index is 0.000000355. The van der Waals surface area contributed by atoms with Crippen molar-refractivity contribution in [3.8, 4) is 0 Å². The maximum absolute atomic E-state index is 14.2. The van der Waals surface area contributed by atoms with E-state index in [1.54, 1.807) is 6.92 Å². The molecule has 0 bridgehead atoms. The second kappa shape index (κ2) is 8.55. The van der Waals surface area contributed by atoms with Gasteiger partial charge in [-0.3, -0.25) is 14.3 Å². The third-order valence-corrected chi connectivity index (χ3v) is 4.29. The van der Waals surface area contributed by atoms with Crippen LogP contribution in [0.25, 0.3) is 0 Å². The SMILES string of the molecule is C1CCOC1.CCC1OCC(n2cc(C)c(=O)[nH]c2=O)C(F)C1O. The summed E-state index contributed by atoms with van der Waals surface area (Å²) in [5.41, 5.74) is -0.895. The van der Waals surface area contributed by atoms with Gasteiger partial charge in [0, 0.05) is 25.0 Å². The van der Waals surface area contributed by atoms with Crippen molar-refractivity contribution in [2.75, 3.05) is 19.8 Å². The van der Waals surface area contributed by atoms with Gasteiger partial charge < -0.3 is 14.6 Å². The molecule has 0 saturated carbocycles. The molecule has 0 amide bonds. The van der Waals surface area contributed by atoms with Crippen LogP contribution >= 0.6 is 0 Å². The summed E-state index contributed by atoms with van der Waals surface area (Å²) in [6.07, 6.45) is 0.893. The van der Waals surface area contributed by atoms with Crippen molar-refractivity contribution in [3.05, 3.63) is 32.6 Å². The molecule has 2 saturated heterocycles. The van der Waals surface area contributed by atoms with Gasteiger partial charge >= 0.3 is 5.69 Å². The molecule has 3 rings (SSSR count). The molecule has 2 N–H and O–H groups in total. The van der Waals surface area contributed by atoms with Gasteiger partial charge in [-0.25, -0.2) is 9.18 Å². The summed E-state index contributed by atoms with van der Waals surface area (Å²) in [5.74, 6) is 0. The van der Waals surface area contributed by atoms with Crippen LogP contribution in [0.3, 0.4) is 0 Å². The van der Waals surface area contributed by atoms with Crippen molar-refractivity contribution in [2.24, 2.45) is 0 Å². The van der Waals surface area contributed by atoms with Gasteiger partial charge in [0.1, 0.15) is 6.10 Å². The van der Waals surface area contributed by atoms with Gasteiger partial charge in [0.2, 0.25) is 0 Å². The summed E-state index contributed by atoms with van der Waals surface area (Å²) in [4.78, 5) is 25.1. The maximum atomic E-state index is 14.2. The standard InChI is InChI=1S/C12H17FN2O4.C4H8O/c1-3-8-10(16)9(13)7(5-19-8)15-4-6(2)11(17)14-12(15)18;1-2-4-5-3-1/h4,7-10,16H,3,5H2,1-2H3,(H,14,17,18);1-4H2. The van der Waals surface area contributed by atoms with Gasteiger partial charge in [-0.1, -0.05) is 6.92 Å². The number of halogens is 1. The number of nitrogens with zero attached hydrogens (tertiary/aromatic N) is 1. The molecule has 0 aromatic carbocycles. The van der Waals surface area contributed by atoms with E-state index in [1.807, 2.05) is 0 Å². The molecular weight excluding hydrogens is 319 g/mol. The average Bonchev–Trinajstić information content (AvgIpc) is 3.14. The number of aromatic nitrogens is 2. The molecule has 1 aromatic rings. The van der Waals surface area contributed by atoms with Crippen molar-refractivity contribution in [3.63, 3.8) is 0 Å². The molecule has 0 spiro atoms. The van der Waals surface area contributed by atoms with Crippen LogP contribution in [0.5, 0.6) is 0 Å². The number of alkyl halides is 1. The minimum absolute atomic E-state index is 0.0118. The minimum atomic E-state index is -1.61. The highest BCUT2D eigenvalue weighted by molar-refractivity contribution is 5.03. The van der Waals surface area contributed by atoms with Crippen LogP contribution in [-0.2, 0) is 9.47 Å². The van der Waals surface area contributed by atoms with Gasteiger partial charge in [0.05, 0.1) is 18.8 Å². The third kappa shape index (κ3) is 4.31. The first-order chi connectivity index (χ1) is 11.5. The fourth-order valence-corrected chi connectivity index (χ4v) is 2.78. The highest BCUT2D eigenvalue weighted by atomic mass is 19.1. The van der Waals surface area contributed by atoms with Crippen molar-refractivity contribution < 1.29 is 19.0 Å². The monoisotopic (exact) mass is 344 g/mol. The second-order valence-electron chi connectivity index (χ2n) is 6.08. The first-order valence-corrected chi connectivity index (χ1v) is 8.29. The van der Waals surface area contributed by atoms with Crippen LogP contribution in [0, 0.1) is 6.92 Å². The highest BCUT2D eigenvalue weighted by Gasteiger charge is 2.40. The van der Waals surface area contributed by atoms with E-state index < -0.39 is 35.7 Å². The lowest BCUT2D eigenvalue weighted by Crippen LogP contribution is -2.51. The molecule has 2 aliphatic heterocycles. The summed E-state index contributed by atoms with van der Waals surface area (Å²) in [6.45, 7) is 5.30. The quantitative estimate of drug-likeness (QED) is 0.823. The molecule has 1 aromatic heterocycles. The normalized spacial score (nSPS) is 29.8. The van der Waals surface area contributed by atoms with Crippen LogP contribution in [0.1, 0.15) is 37.8 Å². The van der Waals surface area contributed by atoms with Crippen LogP contribution < -0.4 is 11.2 Å². The number of nitrogens with one attached hydrogen (secondary N) is 1.